The van der Waals surface area contributed by atoms with E-state index >= 15 is 0 Å². The Labute approximate surface area is 184 Å². The van der Waals surface area contributed by atoms with E-state index in [1.54, 1.807) is 42.5 Å². The van der Waals surface area contributed by atoms with E-state index in [-0.39, 0.29) is 0 Å². The first kappa shape index (κ1) is 20.6. The van der Waals surface area contributed by atoms with Gasteiger partial charge in [0.15, 0.2) is 6.10 Å². The number of para-hydroxylation sites is 1. The Morgan fingerprint density at radius 2 is 1.81 bits per heavy atom. The molecule has 0 aliphatic carbocycles. The fourth-order valence-corrected chi connectivity index (χ4v) is 3.25. The molecule has 1 unspecified atom stereocenters. The van der Waals surface area contributed by atoms with Gasteiger partial charge >= 0.3 is 5.97 Å². The Hall–Kier alpha value is -3.64. The summed E-state index contributed by atoms with van der Waals surface area (Å²) in [6.45, 7) is 3.53. The standard InChI is InChI=1S/C24H20ClN3O3/c1-14-7-9-16(10-8-14)22-26-20-12-11-17(13-21(20)27-22)24(30)31-15(2)23(29)28-19-6-4-3-5-18(19)25/h3-13,15H,1-2H3,(H,26,27)(H,28,29). The summed E-state index contributed by atoms with van der Waals surface area (Å²) in [7, 11) is 0. The van der Waals surface area contributed by atoms with Gasteiger partial charge in [0.05, 0.1) is 27.3 Å². The first-order valence-corrected chi connectivity index (χ1v) is 10.1. The molecule has 1 atom stereocenters. The number of halogens is 1. The zero-order valence-electron chi connectivity index (χ0n) is 17.0. The molecule has 3 aromatic carbocycles. The number of nitrogens with zero attached hydrogens (tertiary/aromatic N) is 1. The zero-order valence-corrected chi connectivity index (χ0v) is 17.7. The number of rotatable bonds is 5. The summed E-state index contributed by atoms with van der Waals surface area (Å²) in [4.78, 5) is 32.7. The molecule has 0 aliphatic heterocycles. The Balaban J connectivity index is 1.47. The van der Waals surface area contributed by atoms with Crippen LogP contribution in [0.1, 0.15) is 22.8 Å². The van der Waals surface area contributed by atoms with Gasteiger partial charge in [0, 0.05) is 5.56 Å². The molecule has 0 spiro atoms. The molecule has 1 heterocycles. The number of carbonyl (C=O) groups is 2. The Morgan fingerprint density at radius 3 is 2.55 bits per heavy atom. The first-order valence-electron chi connectivity index (χ1n) is 9.74. The number of ether oxygens (including phenoxy) is 1. The van der Waals surface area contributed by atoms with Crippen molar-refractivity contribution in [3.05, 3.63) is 82.9 Å². The van der Waals surface area contributed by atoms with Gasteiger partial charge in [-0.1, -0.05) is 53.6 Å². The van der Waals surface area contributed by atoms with Crippen LogP contribution < -0.4 is 5.32 Å². The number of aromatic nitrogens is 2. The quantitative estimate of drug-likeness (QED) is 0.414. The van der Waals surface area contributed by atoms with Crippen LogP contribution in [0.4, 0.5) is 5.69 Å². The second kappa shape index (κ2) is 8.62. The number of aryl methyl sites for hydroxylation is 1. The Kier molecular flexibility index (Phi) is 5.73. The van der Waals surface area contributed by atoms with E-state index in [4.69, 9.17) is 16.3 Å². The highest BCUT2D eigenvalue weighted by atomic mass is 35.5. The van der Waals surface area contributed by atoms with Crippen LogP contribution in [0.15, 0.2) is 66.7 Å². The van der Waals surface area contributed by atoms with Gasteiger partial charge in [-0.25, -0.2) is 9.78 Å². The lowest BCUT2D eigenvalue weighted by atomic mass is 10.1. The first-order chi connectivity index (χ1) is 14.9. The molecule has 0 saturated carbocycles. The van der Waals surface area contributed by atoms with E-state index in [0.29, 0.717) is 27.6 Å². The van der Waals surface area contributed by atoms with Crippen LogP contribution in [0, 0.1) is 6.92 Å². The molecule has 7 heteroatoms. The van der Waals surface area contributed by atoms with Crippen molar-refractivity contribution in [1.82, 2.24) is 9.97 Å². The van der Waals surface area contributed by atoms with Crippen LogP contribution in [0.5, 0.6) is 0 Å². The monoisotopic (exact) mass is 433 g/mol. The number of nitrogens with one attached hydrogen (secondary N) is 2. The van der Waals surface area contributed by atoms with E-state index in [0.717, 1.165) is 16.6 Å². The number of imidazole rings is 1. The van der Waals surface area contributed by atoms with Gasteiger partial charge in [0.2, 0.25) is 0 Å². The predicted octanol–water partition coefficient (Wildman–Crippen LogP) is 5.38. The second-order valence-electron chi connectivity index (χ2n) is 7.20. The van der Waals surface area contributed by atoms with Crippen molar-refractivity contribution in [3.63, 3.8) is 0 Å². The largest absolute Gasteiger partial charge is 0.449 e. The molecular formula is C24H20ClN3O3. The maximum absolute atomic E-state index is 12.6. The average molecular weight is 434 g/mol. The lowest BCUT2D eigenvalue weighted by Gasteiger charge is -2.14. The molecule has 0 bridgehead atoms. The highest BCUT2D eigenvalue weighted by Crippen LogP contribution is 2.23. The van der Waals surface area contributed by atoms with Crippen molar-refractivity contribution in [2.75, 3.05) is 5.32 Å². The van der Waals surface area contributed by atoms with Crippen LogP contribution in [-0.2, 0) is 9.53 Å². The molecule has 156 valence electrons. The van der Waals surface area contributed by atoms with Crippen LogP contribution >= 0.6 is 11.6 Å². The molecule has 4 aromatic rings. The van der Waals surface area contributed by atoms with E-state index in [1.807, 2.05) is 31.2 Å². The SMILES string of the molecule is Cc1ccc(-c2nc3ccc(C(=O)OC(C)C(=O)Nc4ccccc4Cl)cc3[nH]2)cc1. The van der Waals surface area contributed by atoms with Crippen LogP contribution in [-0.4, -0.2) is 27.9 Å². The third-order valence-corrected chi connectivity index (χ3v) is 5.16. The second-order valence-corrected chi connectivity index (χ2v) is 7.61. The summed E-state index contributed by atoms with van der Waals surface area (Å²) in [5.74, 6) is -0.353. The van der Waals surface area contributed by atoms with Gasteiger partial charge in [-0.05, 0) is 44.2 Å². The number of fused-ring (bicyclic) bond motifs is 1. The zero-order chi connectivity index (χ0) is 22.0. The van der Waals surface area contributed by atoms with Gasteiger partial charge in [-0.3, -0.25) is 4.79 Å². The maximum Gasteiger partial charge on any atom is 0.338 e. The Bertz CT molecular complexity index is 1260. The number of amides is 1. The van der Waals surface area contributed by atoms with E-state index in [2.05, 4.69) is 15.3 Å². The minimum Gasteiger partial charge on any atom is -0.449 e. The molecule has 6 nitrogen and oxygen atoms in total. The number of anilines is 1. The molecule has 1 amide bonds. The summed E-state index contributed by atoms with van der Waals surface area (Å²) in [5.41, 5.74) is 4.34. The summed E-state index contributed by atoms with van der Waals surface area (Å²) in [5, 5.41) is 3.06. The van der Waals surface area contributed by atoms with Crippen LogP contribution in [0.2, 0.25) is 5.02 Å². The minimum absolute atomic E-state index is 0.323. The molecule has 2 N–H and O–H groups in total. The average Bonchev–Trinajstić information content (AvgIpc) is 3.19. The molecule has 0 saturated heterocycles. The summed E-state index contributed by atoms with van der Waals surface area (Å²) in [6, 6.07) is 19.9. The number of esters is 1. The number of carbonyl (C=O) groups excluding carboxylic acids is 2. The number of hydrogen-bond acceptors (Lipinski definition) is 4. The van der Waals surface area contributed by atoms with E-state index in [9.17, 15) is 9.59 Å². The smallest absolute Gasteiger partial charge is 0.338 e. The van der Waals surface area contributed by atoms with Gasteiger partial charge in [-0.2, -0.15) is 0 Å². The highest BCUT2D eigenvalue weighted by Gasteiger charge is 2.20. The maximum atomic E-state index is 12.6. The van der Waals surface area contributed by atoms with Crippen molar-refractivity contribution in [3.8, 4) is 11.4 Å². The van der Waals surface area contributed by atoms with Crippen molar-refractivity contribution >= 4 is 40.2 Å². The fourth-order valence-electron chi connectivity index (χ4n) is 3.06. The van der Waals surface area contributed by atoms with E-state index < -0.39 is 18.0 Å². The lowest BCUT2D eigenvalue weighted by Crippen LogP contribution is -2.30. The molecule has 0 fully saturated rings. The molecule has 1 aromatic heterocycles. The van der Waals surface area contributed by atoms with Crippen molar-refractivity contribution in [2.45, 2.75) is 20.0 Å². The lowest BCUT2D eigenvalue weighted by molar-refractivity contribution is -0.123. The molecule has 31 heavy (non-hydrogen) atoms. The topological polar surface area (TPSA) is 84.1 Å². The Morgan fingerprint density at radius 1 is 1.06 bits per heavy atom. The van der Waals surface area contributed by atoms with Gasteiger partial charge in [-0.15, -0.1) is 0 Å². The molecule has 4 rings (SSSR count). The van der Waals surface area contributed by atoms with Gasteiger partial charge in [0.1, 0.15) is 5.82 Å². The van der Waals surface area contributed by atoms with E-state index in [1.165, 1.54) is 6.92 Å². The van der Waals surface area contributed by atoms with Gasteiger partial charge < -0.3 is 15.0 Å². The number of aromatic amines is 1. The molecule has 0 radical (unpaired) electrons. The summed E-state index contributed by atoms with van der Waals surface area (Å²) in [6.07, 6.45) is -0.996. The third kappa shape index (κ3) is 4.59. The van der Waals surface area contributed by atoms with Crippen molar-refractivity contribution in [2.24, 2.45) is 0 Å². The summed E-state index contributed by atoms with van der Waals surface area (Å²) < 4.78 is 5.34. The minimum atomic E-state index is -0.996. The molecular weight excluding hydrogens is 414 g/mol. The highest BCUT2D eigenvalue weighted by molar-refractivity contribution is 6.33. The number of hydrogen-bond donors (Lipinski definition) is 2. The van der Waals surface area contributed by atoms with Crippen LogP contribution in [0.3, 0.4) is 0 Å². The normalized spacial score (nSPS) is 11.8. The predicted molar refractivity (Wildman–Crippen MR) is 121 cm³/mol. The number of H-pyrrole nitrogens is 1. The molecule has 0 aliphatic rings. The van der Waals surface area contributed by atoms with Crippen LogP contribution in [0.25, 0.3) is 22.4 Å². The summed E-state index contributed by atoms with van der Waals surface area (Å²) >= 11 is 6.05. The van der Waals surface area contributed by atoms with Crippen molar-refractivity contribution < 1.29 is 14.3 Å². The number of benzene rings is 3. The third-order valence-electron chi connectivity index (χ3n) is 4.83. The fraction of sp³-hybridized carbons (Fsp3) is 0.125. The van der Waals surface area contributed by atoms with Gasteiger partial charge in [0.25, 0.3) is 5.91 Å². The van der Waals surface area contributed by atoms with Crippen molar-refractivity contribution in [1.29, 1.82) is 0 Å².